The van der Waals surface area contributed by atoms with Crippen LogP contribution in [-0.2, 0) is 0 Å². The molecule has 0 saturated carbocycles. The predicted molar refractivity (Wildman–Crippen MR) is 53.9 cm³/mol. The van der Waals surface area contributed by atoms with Crippen LogP contribution in [0.15, 0.2) is 0 Å². The molecule has 2 N–H and O–H groups in total. The third-order valence-electron chi connectivity index (χ3n) is 2.68. The van der Waals surface area contributed by atoms with Gasteiger partial charge in [0, 0.05) is 19.1 Å². The lowest BCUT2D eigenvalue weighted by atomic mass is 10.1. The molecule has 1 saturated heterocycles. The molecule has 1 fully saturated rings. The first-order valence-electron chi connectivity index (χ1n) is 5.50. The maximum absolute atomic E-state index is 9.14. The van der Waals surface area contributed by atoms with Crippen molar-refractivity contribution in [3.8, 4) is 0 Å². The van der Waals surface area contributed by atoms with Crippen molar-refractivity contribution in [3.63, 3.8) is 0 Å². The van der Waals surface area contributed by atoms with E-state index in [4.69, 9.17) is 5.21 Å². The third kappa shape index (κ3) is 4.60. The van der Waals surface area contributed by atoms with Crippen LogP contribution in [0.1, 0.15) is 39.0 Å². The first-order valence-corrected chi connectivity index (χ1v) is 5.50. The second-order valence-corrected chi connectivity index (χ2v) is 3.89. The van der Waals surface area contributed by atoms with Crippen LogP contribution >= 0.6 is 0 Å². The molecule has 0 aromatic heterocycles. The Morgan fingerprint density at radius 1 is 1.31 bits per heavy atom. The van der Waals surface area contributed by atoms with Crippen LogP contribution in [-0.4, -0.2) is 35.9 Å². The smallest absolute Gasteiger partial charge is 0.0253 e. The Kier molecular flexibility index (Phi) is 5.35. The molecule has 0 amide bonds. The van der Waals surface area contributed by atoms with E-state index in [2.05, 4.69) is 12.2 Å². The minimum Gasteiger partial charge on any atom is -0.314 e. The normalized spacial score (nSPS) is 20.8. The number of nitrogens with one attached hydrogen (secondary N) is 1. The van der Waals surface area contributed by atoms with Gasteiger partial charge in [0.25, 0.3) is 0 Å². The fraction of sp³-hybridized carbons (Fsp3) is 1.00. The predicted octanol–water partition coefficient (Wildman–Crippen LogP) is 1.62. The van der Waals surface area contributed by atoms with Crippen LogP contribution < -0.4 is 5.32 Å². The van der Waals surface area contributed by atoms with Crippen molar-refractivity contribution in [2.45, 2.75) is 45.1 Å². The minimum atomic E-state index is 0.639. The number of rotatable bonds is 5. The molecule has 1 aliphatic rings. The highest BCUT2D eigenvalue weighted by molar-refractivity contribution is 4.73. The van der Waals surface area contributed by atoms with E-state index in [1.807, 2.05) is 0 Å². The highest BCUT2D eigenvalue weighted by Crippen LogP contribution is 2.07. The summed E-state index contributed by atoms with van der Waals surface area (Å²) in [6.07, 6.45) is 6.07. The summed E-state index contributed by atoms with van der Waals surface area (Å²) in [6, 6.07) is 0.639. The summed E-state index contributed by atoms with van der Waals surface area (Å²) in [7, 11) is 0. The van der Waals surface area contributed by atoms with Crippen molar-refractivity contribution in [1.29, 1.82) is 0 Å². The monoisotopic (exact) mass is 186 g/mol. The lowest BCUT2D eigenvalue weighted by Crippen LogP contribution is -2.41. The number of hydroxylamine groups is 2. The topological polar surface area (TPSA) is 35.5 Å². The summed E-state index contributed by atoms with van der Waals surface area (Å²) >= 11 is 0. The van der Waals surface area contributed by atoms with Crippen LogP contribution in [0.5, 0.6) is 0 Å². The van der Waals surface area contributed by atoms with Crippen molar-refractivity contribution in [3.05, 3.63) is 0 Å². The van der Waals surface area contributed by atoms with Gasteiger partial charge in [0.05, 0.1) is 0 Å². The van der Waals surface area contributed by atoms with Crippen LogP contribution in [0.3, 0.4) is 0 Å². The van der Waals surface area contributed by atoms with Gasteiger partial charge in [0.15, 0.2) is 0 Å². The van der Waals surface area contributed by atoms with Gasteiger partial charge < -0.3 is 10.5 Å². The average Bonchev–Trinajstić information content (AvgIpc) is 2.15. The summed E-state index contributed by atoms with van der Waals surface area (Å²) in [5, 5.41) is 14.1. The third-order valence-corrected chi connectivity index (χ3v) is 2.68. The first kappa shape index (κ1) is 11.0. The summed E-state index contributed by atoms with van der Waals surface area (Å²) in [5.74, 6) is 0. The lowest BCUT2D eigenvalue weighted by molar-refractivity contribution is -0.107. The second kappa shape index (κ2) is 6.35. The van der Waals surface area contributed by atoms with Gasteiger partial charge in [0.2, 0.25) is 0 Å². The van der Waals surface area contributed by atoms with Gasteiger partial charge in [-0.3, -0.25) is 0 Å². The number of nitrogens with zero attached hydrogens (tertiary/aromatic N) is 1. The van der Waals surface area contributed by atoms with Gasteiger partial charge >= 0.3 is 0 Å². The molecule has 0 unspecified atom stereocenters. The summed E-state index contributed by atoms with van der Waals surface area (Å²) in [4.78, 5) is 0. The van der Waals surface area contributed by atoms with Gasteiger partial charge in [-0.1, -0.05) is 19.8 Å². The van der Waals surface area contributed by atoms with Crippen molar-refractivity contribution in [1.82, 2.24) is 10.4 Å². The van der Waals surface area contributed by atoms with E-state index >= 15 is 0 Å². The van der Waals surface area contributed by atoms with Crippen molar-refractivity contribution in [2.24, 2.45) is 0 Å². The fourth-order valence-corrected chi connectivity index (χ4v) is 1.75. The van der Waals surface area contributed by atoms with E-state index < -0.39 is 0 Å². The molecule has 0 atom stereocenters. The van der Waals surface area contributed by atoms with Gasteiger partial charge in [-0.05, 0) is 25.8 Å². The zero-order valence-electron chi connectivity index (χ0n) is 8.63. The Hall–Kier alpha value is -0.120. The van der Waals surface area contributed by atoms with E-state index in [-0.39, 0.29) is 0 Å². The Morgan fingerprint density at radius 3 is 2.62 bits per heavy atom. The van der Waals surface area contributed by atoms with E-state index in [9.17, 15) is 0 Å². The summed E-state index contributed by atoms with van der Waals surface area (Å²) < 4.78 is 0. The highest BCUT2D eigenvalue weighted by Gasteiger charge is 2.16. The van der Waals surface area contributed by atoms with Gasteiger partial charge in [-0.15, -0.1) is 0 Å². The Balaban J connectivity index is 1.96. The maximum Gasteiger partial charge on any atom is 0.0253 e. The second-order valence-electron chi connectivity index (χ2n) is 3.89. The van der Waals surface area contributed by atoms with Gasteiger partial charge in [-0.25, -0.2) is 0 Å². The molecule has 0 bridgehead atoms. The molecule has 0 aliphatic carbocycles. The van der Waals surface area contributed by atoms with E-state index in [0.717, 1.165) is 32.5 Å². The molecule has 1 heterocycles. The fourth-order valence-electron chi connectivity index (χ4n) is 1.75. The average molecular weight is 186 g/mol. The van der Waals surface area contributed by atoms with E-state index in [1.165, 1.54) is 24.3 Å². The quantitative estimate of drug-likeness (QED) is 0.640. The maximum atomic E-state index is 9.14. The van der Waals surface area contributed by atoms with Crippen LogP contribution in [0.25, 0.3) is 0 Å². The number of hydrogen-bond donors (Lipinski definition) is 2. The number of piperidine rings is 1. The van der Waals surface area contributed by atoms with E-state index in [0.29, 0.717) is 6.04 Å². The molecule has 13 heavy (non-hydrogen) atoms. The molecule has 1 aliphatic heterocycles. The molecule has 3 nitrogen and oxygen atoms in total. The standard InChI is InChI=1S/C10H22N2O/c1-2-3-4-7-11-10-5-8-12(13)9-6-10/h10-11,13H,2-9H2,1H3. The molecule has 3 heteroatoms. The summed E-state index contributed by atoms with van der Waals surface area (Å²) in [6.45, 7) is 5.02. The largest absolute Gasteiger partial charge is 0.314 e. The van der Waals surface area contributed by atoms with E-state index in [1.54, 1.807) is 0 Å². The minimum absolute atomic E-state index is 0.639. The van der Waals surface area contributed by atoms with Crippen molar-refractivity contribution >= 4 is 0 Å². The zero-order chi connectivity index (χ0) is 9.52. The Bertz CT molecular complexity index is 122. The number of hydrogen-bond acceptors (Lipinski definition) is 3. The Labute approximate surface area is 81.1 Å². The molecular formula is C10H22N2O. The zero-order valence-corrected chi connectivity index (χ0v) is 8.63. The summed E-state index contributed by atoms with van der Waals surface area (Å²) in [5.41, 5.74) is 0. The van der Waals surface area contributed by atoms with Gasteiger partial charge in [0.1, 0.15) is 0 Å². The molecule has 0 aromatic rings. The molecule has 78 valence electrons. The number of unbranched alkanes of at least 4 members (excludes halogenated alkanes) is 2. The van der Waals surface area contributed by atoms with Crippen molar-refractivity contribution in [2.75, 3.05) is 19.6 Å². The van der Waals surface area contributed by atoms with Crippen LogP contribution in [0.4, 0.5) is 0 Å². The molecular weight excluding hydrogens is 164 g/mol. The van der Waals surface area contributed by atoms with Gasteiger partial charge in [-0.2, -0.15) is 5.06 Å². The highest BCUT2D eigenvalue weighted by atomic mass is 16.5. The SMILES string of the molecule is CCCCCNC1CCN(O)CC1. The van der Waals surface area contributed by atoms with Crippen LogP contribution in [0, 0.1) is 0 Å². The first-order chi connectivity index (χ1) is 6.33. The molecule has 1 rings (SSSR count). The molecule has 0 spiro atoms. The molecule has 0 aromatic carbocycles. The molecule has 0 radical (unpaired) electrons. The van der Waals surface area contributed by atoms with Crippen LogP contribution in [0.2, 0.25) is 0 Å². The lowest BCUT2D eigenvalue weighted by Gasteiger charge is -2.28. The Morgan fingerprint density at radius 2 is 2.00 bits per heavy atom. The van der Waals surface area contributed by atoms with Crippen molar-refractivity contribution < 1.29 is 5.21 Å².